The van der Waals surface area contributed by atoms with E-state index < -0.39 is 10.2 Å². The molecule has 9 heteroatoms. The molecule has 2 heterocycles. The number of hydrogen-bond donors (Lipinski definition) is 1. The van der Waals surface area contributed by atoms with Gasteiger partial charge in [-0.1, -0.05) is 19.3 Å². The summed E-state index contributed by atoms with van der Waals surface area (Å²) in [4.78, 5) is 0. The van der Waals surface area contributed by atoms with Crippen LogP contribution in [0.25, 0.3) is 0 Å². The fraction of sp³-hybridized carbons (Fsp3) is 0.867. The molecule has 0 aromatic carbocycles. The number of nitrogens with one attached hydrogen (secondary N) is 1. The van der Waals surface area contributed by atoms with Crippen molar-refractivity contribution in [1.82, 2.24) is 23.8 Å². The summed E-state index contributed by atoms with van der Waals surface area (Å²) in [6.07, 6.45) is 9.27. The summed E-state index contributed by atoms with van der Waals surface area (Å²) in [5, 5.41) is 8.09. The average Bonchev–Trinajstić information content (AvgIpc) is 3.09. The first kappa shape index (κ1) is 17.8. The minimum atomic E-state index is -3.49. The maximum atomic E-state index is 12.5. The minimum Gasteiger partial charge on any atom is -0.381 e. The van der Waals surface area contributed by atoms with Crippen molar-refractivity contribution in [2.45, 2.75) is 63.6 Å². The minimum absolute atomic E-state index is 0.158. The molecule has 2 fully saturated rings. The Balaban J connectivity index is 1.58. The Morgan fingerprint density at radius 1 is 1.21 bits per heavy atom. The number of nitrogens with zero attached hydrogens (tertiary/aromatic N) is 4. The first-order chi connectivity index (χ1) is 11.6. The molecule has 1 aromatic heterocycles. The van der Waals surface area contributed by atoms with Gasteiger partial charge in [0.1, 0.15) is 12.2 Å². The van der Waals surface area contributed by atoms with Gasteiger partial charge in [0, 0.05) is 26.2 Å². The number of methoxy groups -OCH3 is 1. The number of hydrogen-bond acceptors (Lipinski definition) is 5. The van der Waals surface area contributed by atoms with E-state index in [1.165, 1.54) is 23.6 Å². The number of piperidine rings is 1. The zero-order valence-electron chi connectivity index (χ0n) is 14.2. The highest BCUT2D eigenvalue weighted by Crippen LogP contribution is 2.28. The van der Waals surface area contributed by atoms with Gasteiger partial charge in [-0.05, 0) is 25.7 Å². The van der Waals surface area contributed by atoms with Crippen molar-refractivity contribution in [2.75, 3.05) is 20.2 Å². The predicted octanol–water partition coefficient (Wildman–Crippen LogP) is 1.23. The molecule has 8 nitrogen and oxygen atoms in total. The molecule has 2 aliphatic rings. The maximum absolute atomic E-state index is 12.5. The smallest absolute Gasteiger partial charge is 0.279 e. The molecule has 24 heavy (non-hydrogen) atoms. The van der Waals surface area contributed by atoms with E-state index in [4.69, 9.17) is 4.74 Å². The molecule has 1 N–H and O–H groups in total. The Bertz CT molecular complexity index is 619. The second-order valence-electron chi connectivity index (χ2n) is 6.61. The van der Waals surface area contributed by atoms with E-state index in [0.29, 0.717) is 25.0 Å². The largest absolute Gasteiger partial charge is 0.381 e. The maximum Gasteiger partial charge on any atom is 0.279 e. The molecular formula is C15H27N5O3S. The lowest BCUT2D eigenvalue weighted by Gasteiger charge is -2.30. The summed E-state index contributed by atoms with van der Waals surface area (Å²) in [6.45, 7) is 1.16. The third kappa shape index (κ3) is 4.14. The highest BCUT2D eigenvalue weighted by Gasteiger charge is 2.28. The summed E-state index contributed by atoms with van der Waals surface area (Å²) in [7, 11) is -1.82. The third-order valence-corrected chi connectivity index (χ3v) is 6.66. The van der Waals surface area contributed by atoms with E-state index >= 15 is 0 Å². The molecule has 0 unspecified atom stereocenters. The van der Waals surface area contributed by atoms with Gasteiger partial charge in [0.2, 0.25) is 0 Å². The zero-order chi connectivity index (χ0) is 17.0. The normalized spacial score (nSPS) is 22.0. The molecule has 136 valence electrons. The number of rotatable bonds is 6. The fourth-order valence-electron chi connectivity index (χ4n) is 3.61. The molecule has 1 aliphatic heterocycles. The van der Waals surface area contributed by atoms with Gasteiger partial charge >= 0.3 is 0 Å². The molecule has 0 spiro atoms. The van der Waals surface area contributed by atoms with Gasteiger partial charge in [0.25, 0.3) is 10.2 Å². The van der Waals surface area contributed by atoms with Crippen molar-refractivity contribution in [3.05, 3.63) is 12.2 Å². The molecule has 1 saturated carbocycles. The Labute approximate surface area is 143 Å². The van der Waals surface area contributed by atoms with E-state index in [2.05, 4.69) is 14.9 Å². The second kappa shape index (κ2) is 7.90. The third-order valence-electron chi connectivity index (χ3n) is 5.10. The van der Waals surface area contributed by atoms with E-state index in [1.54, 1.807) is 13.4 Å². The lowest BCUT2D eigenvalue weighted by molar-refractivity contribution is 0.0602. The Kier molecular flexibility index (Phi) is 5.85. The van der Waals surface area contributed by atoms with Crippen LogP contribution in [0.5, 0.6) is 0 Å². The predicted molar refractivity (Wildman–Crippen MR) is 89.5 cm³/mol. The van der Waals surface area contributed by atoms with Gasteiger partial charge in [-0.3, -0.25) is 0 Å². The first-order valence-corrected chi connectivity index (χ1v) is 10.2. The lowest BCUT2D eigenvalue weighted by Crippen LogP contribution is -2.46. The highest BCUT2D eigenvalue weighted by molar-refractivity contribution is 7.87. The summed E-state index contributed by atoms with van der Waals surface area (Å²) in [6, 6.07) is 0.394. The van der Waals surface area contributed by atoms with Crippen LogP contribution >= 0.6 is 0 Å². The van der Waals surface area contributed by atoms with E-state index in [9.17, 15) is 8.42 Å². The van der Waals surface area contributed by atoms with E-state index in [0.717, 1.165) is 25.7 Å². The van der Waals surface area contributed by atoms with Gasteiger partial charge in [-0.2, -0.15) is 17.4 Å². The van der Waals surface area contributed by atoms with Gasteiger partial charge in [-0.25, -0.2) is 0 Å². The Hall–Kier alpha value is -1.03. The molecule has 0 radical (unpaired) electrons. The van der Waals surface area contributed by atoms with Crippen LogP contribution in [0.4, 0.5) is 0 Å². The number of aromatic nitrogens is 3. The topological polar surface area (TPSA) is 89.3 Å². The van der Waals surface area contributed by atoms with Crippen molar-refractivity contribution < 1.29 is 13.2 Å². The molecule has 1 aliphatic carbocycles. The molecule has 0 bridgehead atoms. The van der Waals surface area contributed by atoms with Gasteiger partial charge < -0.3 is 9.30 Å². The van der Waals surface area contributed by atoms with Crippen LogP contribution < -0.4 is 4.72 Å². The molecule has 0 atom stereocenters. The Morgan fingerprint density at radius 2 is 1.92 bits per heavy atom. The summed E-state index contributed by atoms with van der Waals surface area (Å²) in [5.41, 5.74) is 0. The van der Waals surface area contributed by atoms with Crippen LogP contribution in [0.15, 0.2) is 6.33 Å². The van der Waals surface area contributed by atoms with Gasteiger partial charge in [0.05, 0.1) is 12.6 Å². The van der Waals surface area contributed by atoms with Crippen molar-refractivity contribution in [3.8, 4) is 0 Å². The van der Waals surface area contributed by atoms with Gasteiger partial charge in [-0.15, -0.1) is 10.2 Å². The van der Waals surface area contributed by atoms with E-state index in [1.807, 2.05) is 4.57 Å². The van der Waals surface area contributed by atoms with E-state index in [-0.39, 0.29) is 12.6 Å². The molecule has 3 rings (SSSR count). The summed E-state index contributed by atoms with van der Waals surface area (Å²) >= 11 is 0. The molecule has 1 saturated heterocycles. The van der Waals surface area contributed by atoms with Crippen LogP contribution in [0.2, 0.25) is 0 Å². The molecule has 1 aromatic rings. The van der Waals surface area contributed by atoms with Crippen LogP contribution in [0.3, 0.4) is 0 Å². The molecule has 0 amide bonds. The Morgan fingerprint density at radius 3 is 2.58 bits per heavy atom. The standard InChI is InChI=1S/C15H27N5O3S/c1-23-14-7-9-19(10-8-14)24(21,22)17-11-15-18-16-12-20(15)13-5-3-2-4-6-13/h12-14,17H,2-11H2,1H3. The summed E-state index contributed by atoms with van der Waals surface area (Å²) in [5.74, 6) is 0.692. The first-order valence-electron chi connectivity index (χ1n) is 8.76. The van der Waals surface area contributed by atoms with Crippen LogP contribution in [-0.2, 0) is 21.5 Å². The van der Waals surface area contributed by atoms with Crippen LogP contribution in [-0.4, -0.2) is 53.8 Å². The van der Waals surface area contributed by atoms with Crippen molar-refractivity contribution >= 4 is 10.2 Å². The SMILES string of the molecule is COC1CCN(S(=O)(=O)NCc2nncn2C2CCCCC2)CC1. The van der Waals surface area contributed by atoms with Crippen LogP contribution in [0, 0.1) is 0 Å². The second-order valence-corrected chi connectivity index (χ2v) is 8.36. The van der Waals surface area contributed by atoms with Crippen LogP contribution in [0.1, 0.15) is 56.8 Å². The molecular weight excluding hydrogens is 330 g/mol. The summed E-state index contributed by atoms with van der Waals surface area (Å²) < 4.78 is 36.5. The average molecular weight is 357 g/mol. The fourth-order valence-corrected chi connectivity index (χ4v) is 4.80. The van der Waals surface area contributed by atoms with Crippen molar-refractivity contribution in [2.24, 2.45) is 0 Å². The zero-order valence-corrected chi connectivity index (χ0v) is 15.0. The van der Waals surface area contributed by atoms with Crippen molar-refractivity contribution in [1.29, 1.82) is 0 Å². The monoisotopic (exact) mass is 357 g/mol. The quantitative estimate of drug-likeness (QED) is 0.827. The lowest BCUT2D eigenvalue weighted by atomic mass is 9.95. The van der Waals surface area contributed by atoms with Gasteiger partial charge in [0.15, 0.2) is 0 Å². The highest BCUT2D eigenvalue weighted by atomic mass is 32.2. The number of ether oxygens (including phenoxy) is 1. The van der Waals surface area contributed by atoms with Crippen molar-refractivity contribution in [3.63, 3.8) is 0 Å².